The third-order valence-corrected chi connectivity index (χ3v) is 4.16. The van der Waals surface area contributed by atoms with Crippen LogP contribution in [0.2, 0.25) is 0 Å². The second-order valence-corrected chi connectivity index (χ2v) is 9.58. The lowest BCUT2D eigenvalue weighted by molar-refractivity contribution is 0.126. The highest BCUT2D eigenvalue weighted by molar-refractivity contribution is 5.42. The normalized spacial score (nSPS) is 11.2. The number of hydrogen-bond donors (Lipinski definition) is 1. The van der Waals surface area contributed by atoms with Gasteiger partial charge in [-0.2, -0.15) is 0 Å². The molecule has 0 aromatic heterocycles. The minimum atomic E-state index is -0.246. The summed E-state index contributed by atoms with van der Waals surface area (Å²) in [5.74, 6) is 1.76. The summed E-state index contributed by atoms with van der Waals surface area (Å²) in [6.45, 7) is 21.7. The van der Waals surface area contributed by atoms with E-state index in [1.54, 1.807) is 0 Å². The zero-order chi connectivity index (χ0) is 23.7. The smallest absolute Gasteiger partial charge is 0.126 e. The van der Waals surface area contributed by atoms with Gasteiger partial charge < -0.3 is 14.6 Å². The topological polar surface area (TPSA) is 38.7 Å². The summed E-state index contributed by atoms with van der Waals surface area (Å²) < 4.78 is 11.7. The van der Waals surface area contributed by atoms with E-state index in [1.165, 1.54) is 11.1 Å². The first-order chi connectivity index (χ1) is 14.4. The highest BCUT2D eigenvalue weighted by Crippen LogP contribution is 2.28. The van der Waals surface area contributed by atoms with Crippen LogP contribution < -0.4 is 9.47 Å². The highest BCUT2D eigenvalue weighted by atomic mass is 16.5. The molecule has 31 heavy (non-hydrogen) atoms. The Balaban J connectivity index is 0.000000311. The zero-order valence-corrected chi connectivity index (χ0v) is 20.4. The van der Waals surface area contributed by atoms with Crippen LogP contribution in [0, 0.1) is 6.92 Å². The fourth-order valence-electron chi connectivity index (χ4n) is 2.96. The van der Waals surface area contributed by atoms with E-state index in [2.05, 4.69) is 59.1 Å². The maximum Gasteiger partial charge on any atom is 0.126 e. The molecule has 0 saturated carbocycles. The van der Waals surface area contributed by atoms with Gasteiger partial charge >= 0.3 is 0 Å². The molecule has 0 aliphatic rings. The molecule has 3 nitrogen and oxygen atoms in total. The van der Waals surface area contributed by atoms with Gasteiger partial charge in [0.1, 0.15) is 22.7 Å². The van der Waals surface area contributed by atoms with Crippen LogP contribution in [0.3, 0.4) is 0 Å². The molecule has 3 heteroatoms. The second-order valence-electron chi connectivity index (χ2n) is 9.58. The number of benzene rings is 2. The van der Waals surface area contributed by atoms with Crippen LogP contribution in [-0.4, -0.2) is 16.3 Å². The van der Waals surface area contributed by atoms with Gasteiger partial charge in [0.15, 0.2) is 0 Å². The SMILES string of the molecule is C=CCc1ccc(OC(C)(C)C)c(CO)c1.C=CCc1cccc(C)c1OC(C)(C)C. The first-order valence-corrected chi connectivity index (χ1v) is 10.8. The van der Waals surface area contributed by atoms with Crippen molar-refractivity contribution in [3.8, 4) is 11.5 Å². The lowest BCUT2D eigenvalue weighted by atomic mass is 10.1. The molecule has 0 spiro atoms. The Bertz CT molecular complexity index is 852. The third-order valence-electron chi connectivity index (χ3n) is 4.16. The first-order valence-electron chi connectivity index (χ1n) is 10.8. The predicted octanol–water partition coefficient (Wildman–Crippen LogP) is 6.99. The number of aryl methyl sites for hydroxylation is 1. The van der Waals surface area contributed by atoms with Crippen LogP contribution in [0.15, 0.2) is 61.7 Å². The summed E-state index contributed by atoms with van der Waals surface area (Å²) in [6.07, 6.45) is 5.42. The van der Waals surface area contributed by atoms with E-state index in [-0.39, 0.29) is 17.8 Å². The van der Waals surface area contributed by atoms with Gasteiger partial charge in [-0.25, -0.2) is 0 Å². The maximum atomic E-state index is 9.30. The standard InChI is InChI=1S/C14H20O2.C14H20O/c1-5-6-11-7-8-13(12(9-11)10-15)16-14(2,3)4;1-6-8-12-10-7-9-11(2)13(12)15-14(3,4)5/h5,7-9,15H,1,6,10H2,2-4H3;6-7,9-10H,1,8H2,2-5H3. The Labute approximate surface area is 189 Å². The van der Waals surface area contributed by atoms with Crippen molar-refractivity contribution < 1.29 is 14.6 Å². The van der Waals surface area contributed by atoms with Crippen molar-refractivity contribution in [1.29, 1.82) is 0 Å². The molecule has 0 aliphatic carbocycles. The van der Waals surface area contributed by atoms with Crippen molar-refractivity contribution >= 4 is 0 Å². The molecule has 2 aromatic rings. The average molecular weight is 425 g/mol. The third kappa shape index (κ3) is 9.89. The zero-order valence-electron chi connectivity index (χ0n) is 20.4. The molecule has 0 heterocycles. The van der Waals surface area contributed by atoms with E-state index >= 15 is 0 Å². The Hall–Kier alpha value is -2.52. The van der Waals surface area contributed by atoms with Crippen molar-refractivity contribution in [3.05, 3.63) is 84.0 Å². The first kappa shape index (κ1) is 26.5. The fourth-order valence-corrected chi connectivity index (χ4v) is 2.96. The molecule has 0 radical (unpaired) electrons. The molecule has 0 aliphatic heterocycles. The molecule has 0 amide bonds. The van der Waals surface area contributed by atoms with E-state index in [4.69, 9.17) is 9.47 Å². The van der Waals surface area contributed by atoms with Crippen molar-refractivity contribution in [2.24, 2.45) is 0 Å². The van der Waals surface area contributed by atoms with Crippen LogP contribution in [0.5, 0.6) is 11.5 Å². The number of hydrogen-bond acceptors (Lipinski definition) is 3. The van der Waals surface area contributed by atoms with Gasteiger partial charge in [-0.15, -0.1) is 13.2 Å². The molecule has 0 atom stereocenters. The summed E-state index contributed by atoms with van der Waals surface area (Å²) in [7, 11) is 0. The van der Waals surface area contributed by atoms with Gasteiger partial charge in [0.25, 0.3) is 0 Å². The number of aliphatic hydroxyl groups is 1. The van der Waals surface area contributed by atoms with E-state index in [0.29, 0.717) is 0 Å². The Morgan fingerprint density at radius 2 is 1.45 bits per heavy atom. The monoisotopic (exact) mass is 424 g/mol. The predicted molar refractivity (Wildman–Crippen MR) is 132 cm³/mol. The summed E-state index contributed by atoms with van der Waals surface area (Å²) in [6, 6.07) is 12.1. The van der Waals surface area contributed by atoms with E-state index in [9.17, 15) is 5.11 Å². The maximum absolute atomic E-state index is 9.30. The van der Waals surface area contributed by atoms with Crippen molar-refractivity contribution in [3.63, 3.8) is 0 Å². The van der Waals surface area contributed by atoms with Gasteiger partial charge in [0.05, 0.1) is 6.61 Å². The molecule has 0 fully saturated rings. The fraction of sp³-hybridized carbons (Fsp3) is 0.429. The Morgan fingerprint density at radius 3 is 1.97 bits per heavy atom. The summed E-state index contributed by atoms with van der Waals surface area (Å²) in [5, 5.41) is 9.30. The summed E-state index contributed by atoms with van der Waals surface area (Å²) in [4.78, 5) is 0. The van der Waals surface area contributed by atoms with Crippen molar-refractivity contribution in [2.45, 2.75) is 79.1 Å². The second kappa shape index (κ2) is 11.8. The molecule has 0 bridgehead atoms. The van der Waals surface area contributed by atoms with Crippen LogP contribution >= 0.6 is 0 Å². The van der Waals surface area contributed by atoms with Gasteiger partial charge in [0, 0.05) is 5.56 Å². The van der Waals surface area contributed by atoms with Crippen LogP contribution in [0.1, 0.15) is 63.8 Å². The van der Waals surface area contributed by atoms with Crippen LogP contribution in [0.4, 0.5) is 0 Å². The minimum absolute atomic E-state index is 0.00358. The number of para-hydroxylation sites is 1. The van der Waals surface area contributed by atoms with Crippen LogP contribution in [-0.2, 0) is 19.4 Å². The number of aliphatic hydroxyl groups excluding tert-OH is 1. The Kier molecular flexibility index (Phi) is 10.1. The Morgan fingerprint density at radius 1 is 0.839 bits per heavy atom. The van der Waals surface area contributed by atoms with Crippen molar-refractivity contribution in [1.82, 2.24) is 0 Å². The number of rotatable bonds is 7. The molecular weight excluding hydrogens is 384 g/mol. The van der Waals surface area contributed by atoms with E-state index < -0.39 is 0 Å². The van der Waals surface area contributed by atoms with Gasteiger partial charge in [-0.3, -0.25) is 0 Å². The average Bonchev–Trinajstić information content (AvgIpc) is 2.65. The lowest BCUT2D eigenvalue weighted by Crippen LogP contribution is -2.24. The largest absolute Gasteiger partial charge is 0.488 e. The molecule has 0 unspecified atom stereocenters. The highest BCUT2D eigenvalue weighted by Gasteiger charge is 2.16. The molecule has 2 aromatic carbocycles. The molecule has 1 N–H and O–H groups in total. The van der Waals surface area contributed by atoms with Crippen molar-refractivity contribution in [2.75, 3.05) is 0 Å². The van der Waals surface area contributed by atoms with Crippen LogP contribution in [0.25, 0.3) is 0 Å². The van der Waals surface area contributed by atoms with E-state index in [1.807, 2.05) is 51.1 Å². The lowest BCUT2D eigenvalue weighted by Gasteiger charge is -2.24. The quantitative estimate of drug-likeness (QED) is 0.487. The van der Waals surface area contributed by atoms with E-state index in [0.717, 1.165) is 35.5 Å². The van der Waals surface area contributed by atoms with Gasteiger partial charge in [0.2, 0.25) is 0 Å². The van der Waals surface area contributed by atoms with Gasteiger partial charge in [-0.05, 0) is 90.1 Å². The molecular formula is C28H40O3. The summed E-state index contributed by atoms with van der Waals surface area (Å²) in [5.41, 5.74) is 3.96. The number of allylic oxidation sites excluding steroid dienone is 2. The molecule has 0 saturated heterocycles. The summed E-state index contributed by atoms with van der Waals surface area (Å²) >= 11 is 0. The number of ether oxygens (including phenoxy) is 2. The molecule has 2 rings (SSSR count). The molecule has 170 valence electrons. The van der Waals surface area contributed by atoms with Gasteiger partial charge in [-0.1, -0.05) is 36.4 Å². The minimum Gasteiger partial charge on any atom is -0.488 e.